The van der Waals surface area contributed by atoms with Gasteiger partial charge >= 0.3 is 0 Å². The van der Waals surface area contributed by atoms with Crippen molar-refractivity contribution in [3.63, 3.8) is 0 Å². The minimum absolute atomic E-state index is 0.246. The molecule has 0 bridgehead atoms. The van der Waals surface area contributed by atoms with Gasteiger partial charge in [0.25, 0.3) is 0 Å². The molecule has 31 heavy (non-hydrogen) atoms. The first-order valence-corrected chi connectivity index (χ1v) is 10.5. The molecule has 4 aromatic rings. The monoisotopic (exact) mass is 434 g/mol. The number of thiazole rings is 1. The maximum Gasteiger partial charge on any atom is 0.250 e. The quantitative estimate of drug-likeness (QED) is 0.381. The summed E-state index contributed by atoms with van der Waals surface area (Å²) in [7, 11) is 3.26. The number of anilines is 1. The van der Waals surface area contributed by atoms with Crippen LogP contribution in [-0.2, 0) is 4.79 Å². The van der Waals surface area contributed by atoms with Crippen molar-refractivity contribution in [2.45, 2.75) is 13.8 Å². The van der Waals surface area contributed by atoms with E-state index in [1.165, 1.54) is 11.3 Å². The molecule has 1 N–H and O–H groups in total. The molecule has 0 saturated heterocycles. The van der Waals surface area contributed by atoms with Crippen LogP contribution >= 0.6 is 11.3 Å². The Kier molecular flexibility index (Phi) is 5.77. The van der Waals surface area contributed by atoms with Crippen LogP contribution in [0.2, 0.25) is 0 Å². The van der Waals surface area contributed by atoms with E-state index in [9.17, 15) is 4.79 Å². The number of aromatic nitrogens is 1. The van der Waals surface area contributed by atoms with Crippen LogP contribution in [0.5, 0.6) is 11.5 Å². The number of aryl methyl sites for hydroxylation is 1. The van der Waals surface area contributed by atoms with Gasteiger partial charge in [0.1, 0.15) is 17.1 Å². The predicted molar refractivity (Wildman–Crippen MR) is 124 cm³/mol. The molecule has 0 atom stereocenters. The number of hydrogen-bond donors (Lipinski definition) is 1. The van der Waals surface area contributed by atoms with Crippen LogP contribution in [0.1, 0.15) is 18.1 Å². The van der Waals surface area contributed by atoms with E-state index in [-0.39, 0.29) is 5.91 Å². The highest BCUT2D eigenvalue weighted by atomic mass is 32.1. The maximum atomic E-state index is 12.5. The highest BCUT2D eigenvalue weighted by molar-refractivity contribution is 7.13. The molecule has 7 heteroatoms. The van der Waals surface area contributed by atoms with Crippen molar-refractivity contribution in [1.29, 1.82) is 0 Å². The standard InChI is InChI=1S/C24H22N2O4S/c1-14(11-21(27)26-24-25-9-10-31-24)17-12-18-19(16-7-5-6-8-20(16)28-3)13-30-23(18)15(2)22(17)29-4/h5-13H,1-4H3,(H,25,26,27)/b14-11+. The number of nitrogens with one attached hydrogen (secondary N) is 1. The Labute approximate surface area is 184 Å². The third kappa shape index (κ3) is 3.92. The highest BCUT2D eigenvalue weighted by Gasteiger charge is 2.20. The molecular weight excluding hydrogens is 412 g/mol. The van der Waals surface area contributed by atoms with E-state index in [1.54, 1.807) is 32.8 Å². The Hall–Kier alpha value is -3.58. The number of amides is 1. The lowest BCUT2D eigenvalue weighted by Crippen LogP contribution is -2.08. The third-order valence-electron chi connectivity index (χ3n) is 5.08. The first-order valence-electron chi connectivity index (χ1n) is 9.64. The number of rotatable bonds is 6. The number of fused-ring (bicyclic) bond motifs is 1. The van der Waals surface area contributed by atoms with Crippen LogP contribution in [0.4, 0.5) is 5.13 Å². The molecule has 0 radical (unpaired) electrons. The predicted octanol–water partition coefficient (Wildman–Crippen LogP) is 5.92. The van der Waals surface area contributed by atoms with Crippen LogP contribution in [0.15, 0.2) is 58.7 Å². The van der Waals surface area contributed by atoms with Gasteiger partial charge in [-0.25, -0.2) is 4.98 Å². The van der Waals surface area contributed by atoms with E-state index in [0.29, 0.717) is 10.9 Å². The molecule has 2 aromatic heterocycles. The number of allylic oxidation sites excluding steroid dienone is 1. The summed E-state index contributed by atoms with van der Waals surface area (Å²) in [6, 6.07) is 9.79. The summed E-state index contributed by atoms with van der Waals surface area (Å²) in [5.41, 5.74) is 5.04. The van der Waals surface area contributed by atoms with E-state index in [2.05, 4.69) is 10.3 Å². The van der Waals surface area contributed by atoms with Gasteiger partial charge in [0.15, 0.2) is 5.13 Å². The minimum atomic E-state index is -0.246. The number of nitrogens with zero attached hydrogens (tertiary/aromatic N) is 1. The Balaban J connectivity index is 1.83. The highest BCUT2D eigenvalue weighted by Crippen LogP contribution is 2.42. The second kappa shape index (κ2) is 8.65. The topological polar surface area (TPSA) is 73.6 Å². The summed E-state index contributed by atoms with van der Waals surface area (Å²) in [6.07, 6.45) is 4.93. The molecule has 158 valence electrons. The molecule has 1 amide bonds. The van der Waals surface area contributed by atoms with Crippen LogP contribution in [0.3, 0.4) is 0 Å². The van der Waals surface area contributed by atoms with Crippen molar-refractivity contribution in [3.05, 3.63) is 65.4 Å². The van der Waals surface area contributed by atoms with Gasteiger partial charge in [0, 0.05) is 45.3 Å². The summed E-state index contributed by atoms with van der Waals surface area (Å²) in [6.45, 7) is 3.83. The molecule has 0 fully saturated rings. The fraction of sp³-hybridized carbons (Fsp3) is 0.167. The Morgan fingerprint density at radius 2 is 2.00 bits per heavy atom. The van der Waals surface area contributed by atoms with E-state index in [0.717, 1.165) is 44.5 Å². The van der Waals surface area contributed by atoms with Gasteiger partial charge in [-0.05, 0) is 31.6 Å². The number of furan rings is 1. The zero-order chi connectivity index (χ0) is 22.0. The number of hydrogen-bond acceptors (Lipinski definition) is 6. The molecule has 0 aliphatic carbocycles. The second-order valence-electron chi connectivity index (χ2n) is 6.96. The van der Waals surface area contributed by atoms with Gasteiger partial charge in [-0.1, -0.05) is 18.2 Å². The van der Waals surface area contributed by atoms with Crippen LogP contribution in [0, 0.1) is 6.92 Å². The van der Waals surface area contributed by atoms with Crippen molar-refractivity contribution in [2.75, 3.05) is 19.5 Å². The second-order valence-corrected chi connectivity index (χ2v) is 7.86. The van der Waals surface area contributed by atoms with Crippen LogP contribution in [0.25, 0.3) is 27.7 Å². The third-order valence-corrected chi connectivity index (χ3v) is 5.77. The largest absolute Gasteiger partial charge is 0.496 e. The average Bonchev–Trinajstić information content (AvgIpc) is 3.43. The van der Waals surface area contributed by atoms with Gasteiger partial charge in [0.2, 0.25) is 5.91 Å². The van der Waals surface area contributed by atoms with Crippen LogP contribution in [-0.4, -0.2) is 25.1 Å². The molecule has 6 nitrogen and oxygen atoms in total. The molecule has 0 aliphatic heterocycles. The van der Waals surface area contributed by atoms with Crippen molar-refractivity contribution in [2.24, 2.45) is 0 Å². The lowest BCUT2D eigenvalue weighted by molar-refractivity contribution is -0.111. The van der Waals surface area contributed by atoms with Gasteiger partial charge in [-0.15, -0.1) is 11.3 Å². The summed E-state index contributed by atoms with van der Waals surface area (Å²) in [5, 5.41) is 6.06. The SMILES string of the molecule is COc1ccccc1-c1coc2c(C)c(OC)c(/C(C)=C/C(=O)Nc3nccs3)cc12. The first kappa shape index (κ1) is 20.7. The number of carbonyl (C=O) groups is 1. The Morgan fingerprint density at radius 3 is 2.71 bits per heavy atom. The fourth-order valence-electron chi connectivity index (χ4n) is 3.65. The van der Waals surface area contributed by atoms with Crippen LogP contribution < -0.4 is 14.8 Å². The molecule has 0 aliphatic rings. The maximum absolute atomic E-state index is 12.5. The molecule has 0 saturated carbocycles. The lowest BCUT2D eigenvalue weighted by atomic mass is 9.96. The number of methoxy groups -OCH3 is 2. The molecule has 4 rings (SSSR count). The zero-order valence-electron chi connectivity index (χ0n) is 17.7. The van der Waals surface area contributed by atoms with Crippen molar-refractivity contribution >= 4 is 38.9 Å². The number of benzene rings is 2. The molecule has 0 unspecified atom stereocenters. The molecule has 0 spiro atoms. The Morgan fingerprint density at radius 1 is 1.19 bits per heavy atom. The van der Waals surface area contributed by atoms with E-state index < -0.39 is 0 Å². The first-order chi connectivity index (χ1) is 15.0. The zero-order valence-corrected chi connectivity index (χ0v) is 18.5. The Bertz CT molecular complexity index is 1270. The van der Waals surface area contributed by atoms with Crippen molar-refractivity contribution in [1.82, 2.24) is 4.98 Å². The van der Waals surface area contributed by atoms with E-state index in [1.807, 2.05) is 49.6 Å². The van der Waals surface area contributed by atoms with E-state index in [4.69, 9.17) is 13.9 Å². The van der Waals surface area contributed by atoms with Gasteiger partial charge < -0.3 is 13.9 Å². The average molecular weight is 435 g/mol. The molecule has 2 aromatic carbocycles. The molecule has 2 heterocycles. The summed E-state index contributed by atoms with van der Waals surface area (Å²) < 4.78 is 17.1. The van der Waals surface area contributed by atoms with Gasteiger partial charge in [-0.2, -0.15) is 0 Å². The van der Waals surface area contributed by atoms with Crippen molar-refractivity contribution < 1.29 is 18.7 Å². The van der Waals surface area contributed by atoms with Gasteiger partial charge in [-0.3, -0.25) is 10.1 Å². The fourth-order valence-corrected chi connectivity index (χ4v) is 4.18. The number of carbonyl (C=O) groups excluding carboxylic acids is 1. The summed E-state index contributed by atoms with van der Waals surface area (Å²) in [5.74, 6) is 1.18. The minimum Gasteiger partial charge on any atom is -0.496 e. The number of ether oxygens (including phenoxy) is 2. The molecular formula is C24H22N2O4S. The normalized spacial score (nSPS) is 11.5. The summed E-state index contributed by atoms with van der Waals surface area (Å²) >= 11 is 1.37. The lowest BCUT2D eigenvalue weighted by Gasteiger charge is -2.13. The van der Waals surface area contributed by atoms with Gasteiger partial charge in [0.05, 0.1) is 20.5 Å². The number of para-hydroxylation sites is 1. The smallest absolute Gasteiger partial charge is 0.250 e. The van der Waals surface area contributed by atoms with E-state index >= 15 is 0 Å². The summed E-state index contributed by atoms with van der Waals surface area (Å²) in [4.78, 5) is 16.6. The van der Waals surface area contributed by atoms with Crippen molar-refractivity contribution in [3.8, 4) is 22.6 Å².